The van der Waals surface area contributed by atoms with Crippen molar-refractivity contribution in [1.29, 1.82) is 0 Å². The van der Waals surface area contributed by atoms with Crippen molar-refractivity contribution in [2.45, 2.75) is 20.8 Å². The van der Waals surface area contributed by atoms with Gasteiger partial charge in [-0.2, -0.15) is 0 Å². The predicted octanol–water partition coefficient (Wildman–Crippen LogP) is 4.07. The van der Waals surface area contributed by atoms with Gasteiger partial charge in [0.15, 0.2) is 5.78 Å². The Morgan fingerprint density at radius 3 is 2.55 bits per heavy atom. The lowest BCUT2D eigenvalue weighted by Crippen LogP contribution is -2.16. The number of rotatable bonds is 3. The minimum absolute atomic E-state index is 0.0245. The lowest BCUT2D eigenvalue weighted by molar-refractivity contribution is -0.111. The molecule has 114 valence electrons. The first-order chi connectivity index (χ1) is 10.4. The Hall–Kier alpha value is -2.01. The molecule has 0 saturated heterocycles. The van der Waals surface area contributed by atoms with Crippen LogP contribution in [0.4, 0.5) is 0 Å². The summed E-state index contributed by atoms with van der Waals surface area (Å²) in [5.41, 5.74) is 2.22. The Bertz CT molecular complexity index is 714. The molecular weight excluding hydrogens is 346 g/mol. The molecule has 22 heavy (non-hydrogen) atoms. The lowest BCUT2D eigenvalue weighted by Gasteiger charge is -2.14. The fourth-order valence-electron chi connectivity index (χ4n) is 2.00. The molecule has 0 saturated carbocycles. The number of benzene rings is 1. The number of oxime groups is 1. The van der Waals surface area contributed by atoms with E-state index in [-0.39, 0.29) is 11.7 Å². The van der Waals surface area contributed by atoms with Crippen molar-refractivity contribution >= 4 is 33.4 Å². The molecule has 0 N–H and O–H groups in total. The SMILES string of the molecule is CC1=CC(=O)C(C(C)C)=C/C1=N\OC(=O)c1ccccc1Br. The standard InChI is InChI=1S/C17H16BrNO3/c1-10(2)13-9-15(11(3)8-16(13)20)19-22-17(21)12-6-4-5-7-14(12)18/h4-10H,1-3H3/b19-15+. The van der Waals surface area contributed by atoms with Gasteiger partial charge in [0.2, 0.25) is 0 Å². The second-order valence-electron chi connectivity index (χ2n) is 5.28. The van der Waals surface area contributed by atoms with Crippen molar-refractivity contribution < 1.29 is 14.4 Å². The molecule has 0 bridgehead atoms. The molecule has 1 aromatic carbocycles. The van der Waals surface area contributed by atoms with Gasteiger partial charge in [0, 0.05) is 10.0 Å². The first-order valence-corrected chi connectivity index (χ1v) is 7.68. The van der Waals surface area contributed by atoms with Crippen LogP contribution in [0.15, 0.2) is 57.2 Å². The lowest BCUT2D eigenvalue weighted by atomic mass is 9.90. The van der Waals surface area contributed by atoms with Crippen LogP contribution in [0.25, 0.3) is 0 Å². The molecule has 0 fully saturated rings. The summed E-state index contributed by atoms with van der Waals surface area (Å²) in [6.45, 7) is 5.63. The van der Waals surface area contributed by atoms with Crippen molar-refractivity contribution in [3.05, 3.63) is 57.6 Å². The fraction of sp³-hybridized carbons (Fsp3) is 0.235. The molecule has 0 unspecified atom stereocenters. The van der Waals surface area contributed by atoms with E-state index in [1.807, 2.05) is 19.9 Å². The highest BCUT2D eigenvalue weighted by Crippen LogP contribution is 2.20. The molecule has 0 spiro atoms. The van der Waals surface area contributed by atoms with Gasteiger partial charge in [0.1, 0.15) is 5.71 Å². The Labute approximate surface area is 137 Å². The van der Waals surface area contributed by atoms with Crippen LogP contribution in [0.5, 0.6) is 0 Å². The molecule has 0 aliphatic heterocycles. The van der Waals surface area contributed by atoms with E-state index in [0.29, 0.717) is 26.9 Å². The summed E-state index contributed by atoms with van der Waals surface area (Å²) in [6, 6.07) is 6.96. The van der Waals surface area contributed by atoms with Crippen molar-refractivity contribution in [3.8, 4) is 0 Å². The Kier molecular flexibility index (Phi) is 5.08. The molecule has 0 aromatic heterocycles. The summed E-state index contributed by atoms with van der Waals surface area (Å²) in [4.78, 5) is 28.9. The molecule has 0 heterocycles. The third-order valence-electron chi connectivity index (χ3n) is 3.27. The van der Waals surface area contributed by atoms with Gasteiger partial charge in [-0.15, -0.1) is 0 Å². The van der Waals surface area contributed by atoms with E-state index in [1.165, 1.54) is 6.08 Å². The van der Waals surface area contributed by atoms with Crippen molar-refractivity contribution in [2.24, 2.45) is 11.1 Å². The molecular formula is C17H16BrNO3. The van der Waals surface area contributed by atoms with E-state index >= 15 is 0 Å². The number of nitrogens with zero attached hydrogens (tertiary/aromatic N) is 1. The monoisotopic (exact) mass is 361 g/mol. The fourth-order valence-corrected chi connectivity index (χ4v) is 2.45. The predicted molar refractivity (Wildman–Crippen MR) is 88.7 cm³/mol. The van der Waals surface area contributed by atoms with Gasteiger partial charge in [0.25, 0.3) is 0 Å². The van der Waals surface area contributed by atoms with Gasteiger partial charge in [-0.1, -0.05) is 31.1 Å². The van der Waals surface area contributed by atoms with E-state index in [4.69, 9.17) is 4.84 Å². The van der Waals surface area contributed by atoms with Gasteiger partial charge in [-0.3, -0.25) is 4.79 Å². The highest BCUT2D eigenvalue weighted by atomic mass is 79.9. The Morgan fingerprint density at radius 2 is 1.91 bits per heavy atom. The first kappa shape index (κ1) is 16.4. The molecule has 0 atom stereocenters. The van der Waals surface area contributed by atoms with E-state index < -0.39 is 5.97 Å². The van der Waals surface area contributed by atoms with Crippen LogP contribution in [0.2, 0.25) is 0 Å². The van der Waals surface area contributed by atoms with Crippen LogP contribution < -0.4 is 0 Å². The maximum absolute atomic E-state index is 12.0. The second kappa shape index (κ2) is 6.83. The van der Waals surface area contributed by atoms with E-state index in [2.05, 4.69) is 21.1 Å². The second-order valence-corrected chi connectivity index (χ2v) is 6.14. The summed E-state index contributed by atoms with van der Waals surface area (Å²) in [7, 11) is 0. The number of ketones is 1. The highest BCUT2D eigenvalue weighted by molar-refractivity contribution is 9.10. The zero-order valence-corrected chi connectivity index (χ0v) is 14.2. The van der Waals surface area contributed by atoms with Gasteiger partial charge in [-0.25, -0.2) is 4.79 Å². The molecule has 0 radical (unpaired) electrons. The minimum atomic E-state index is -0.552. The quantitative estimate of drug-likeness (QED) is 0.463. The van der Waals surface area contributed by atoms with Gasteiger partial charge >= 0.3 is 5.97 Å². The Balaban J connectivity index is 2.22. The zero-order chi connectivity index (χ0) is 16.3. The van der Waals surface area contributed by atoms with Crippen molar-refractivity contribution in [1.82, 2.24) is 0 Å². The van der Waals surface area contributed by atoms with Gasteiger partial charge < -0.3 is 4.84 Å². The summed E-state index contributed by atoms with van der Waals surface area (Å²) in [6.07, 6.45) is 3.19. The molecule has 4 nitrogen and oxygen atoms in total. The van der Waals surface area contributed by atoms with Crippen LogP contribution in [0.1, 0.15) is 31.1 Å². The Morgan fingerprint density at radius 1 is 1.23 bits per heavy atom. The van der Waals surface area contributed by atoms with Crippen LogP contribution in [0, 0.1) is 5.92 Å². The maximum atomic E-state index is 12.0. The number of hydrogen-bond donors (Lipinski definition) is 0. The smallest absolute Gasteiger partial charge is 0.312 e. The number of hydrogen-bond acceptors (Lipinski definition) is 4. The molecule has 1 aromatic rings. The summed E-state index contributed by atoms with van der Waals surface area (Å²) < 4.78 is 0.643. The largest absolute Gasteiger partial charge is 0.366 e. The maximum Gasteiger partial charge on any atom is 0.366 e. The average Bonchev–Trinajstić information content (AvgIpc) is 2.46. The van der Waals surface area contributed by atoms with Crippen LogP contribution >= 0.6 is 15.9 Å². The first-order valence-electron chi connectivity index (χ1n) is 6.88. The minimum Gasteiger partial charge on any atom is -0.312 e. The van der Waals surface area contributed by atoms with Crippen LogP contribution in [-0.4, -0.2) is 17.5 Å². The van der Waals surface area contributed by atoms with E-state index in [1.54, 1.807) is 31.2 Å². The number of carbonyl (C=O) groups excluding carboxylic acids is 2. The zero-order valence-electron chi connectivity index (χ0n) is 12.6. The summed E-state index contributed by atoms with van der Waals surface area (Å²) in [5.74, 6) is -0.492. The van der Waals surface area contributed by atoms with Crippen molar-refractivity contribution in [2.75, 3.05) is 0 Å². The van der Waals surface area contributed by atoms with Gasteiger partial charge in [0.05, 0.1) is 5.56 Å². The number of halogens is 1. The van der Waals surface area contributed by atoms with Crippen LogP contribution in [0.3, 0.4) is 0 Å². The third-order valence-corrected chi connectivity index (χ3v) is 3.96. The number of allylic oxidation sites excluding steroid dienone is 4. The normalized spacial score (nSPS) is 16.6. The van der Waals surface area contributed by atoms with Crippen molar-refractivity contribution in [3.63, 3.8) is 0 Å². The number of carbonyl (C=O) groups is 2. The molecule has 0 amide bonds. The van der Waals surface area contributed by atoms with E-state index in [0.717, 1.165) is 0 Å². The molecule has 5 heteroatoms. The van der Waals surface area contributed by atoms with Gasteiger partial charge in [-0.05, 0) is 58.6 Å². The molecule has 1 aliphatic carbocycles. The topological polar surface area (TPSA) is 55.7 Å². The molecule has 2 rings (SSSR count). The molecule has 1 aliphatic rings. The average molecular weight is 362 g/mol. The third kappa shape index (κ3) is 3.60. The summed E-state index contributed by atoms with van der Waals surface area (Å²) in [5, 5.41) is 3.90. The van der Waals surface area contributed by atoms with E-state index in [9.17, 15) is 9.59 Å². The highest BCUT2D eigenvalue weighted by Gasteiger charge is 2.19. The van der Waals surface area contributed by atoms with Crippen LogP contribution in [-0.2, 0) is 9.63 Å². The summed E-state index contributed by atoms with van der Waals surface area (Å²) >= 11 is 3.29.